The highest BCUT2D eigenvalue weighted by atomic mass is 16.6. The third-order valence-electron chi connectivity index (χ3n) is 9.35. The number of benzene rings is 4. The van der Waals surface area contributed by atoms with E-state index in [1.807, 2.05) is 54.6 Å². The lowest BCUT2D eigenvalue weighted by molar-refractivity contribution is -0.119. The summed E-state index contributed by atoms with van der Waals surface area (Å²) in [5.41, 5.74) is 4.77. The van der Waals surface area contributed by atoms with Crippen LogP contribution in [0.15, 0.2) is 78.9 Å². The second-order valence-electron chi connectivity index (χ2n) is 13.0. The number of phenols is 1. The van der Waals surface area contributed by atoms with Gasteiger partial charge in [0.25, 0.3) is 5.91 Å². The Morgan fingerprint density at radius 2 is 1.80 bits per heavy atom. The van der Waals surface area contributed by atoms with Gasteiger partial charge in [0.05, 0.1) is 24.6 Å². The van der Waals surface area contributed by atoms with E-state index in [0.29, 0.717) is 66.3 Å². The van der Waals surface area contributed by atoms with Crippen molar-refractivity contribution in [2.45, 2.75) is 38.0 Å². The summed E-state index contributed by atoms with van der Waals surface area (Å²) in [4.78, 5) is 39.7. The zero-order valence-electron chi connectivity index (χ0n) is 29.9. The minimum atomic E-state index is -1.02. The van der Waals surface area contributed by atoms with Crippen LogP contribution >= 0.6 is 0 Å². The topological polar surface area (TPSA) is 171 Å². The van der Waals surface area contributed by atoms with Crippen LogP contribution in [0.4, 0.5) is 21.9 Å². The number of carbonyl (C=O) groups is 3. The smallest absolute Gasteiger partial charge is 0.411 e. The highest BCUT2D eigenvalue weighted by Gasteiger charge is 2.26. The van der Waals surface area contributed by atoms with E-state index < -0.39 is 18.1 Å². The number of methoxy groups -OCH3 is 1. The molecule has 0 saturated carbocycles. The van der Waals surface area contributed by atoms with E-state index in [-0.39, 0.29) is 55.3 Å². The van der Waals surface area contributed by atoms with Crippen molar-refractivity contribution in [2.75, 3.05) is 55.8 Å². The molecule has 54 heavy (non-hydrogen) atoms. The second-order valence-corrected chi connectivity index (χ2v) is 13.0. The summed E-state index contributed by atoms with van der Waals surface area (Å²) in [7, 11) is 1.52. The molecular formula is C41H43N5O8. The van der Waals surface area contributed by atoms with Gasteiger partial charge in [-0.25, -0.2) is 4.79 Å². The third-order valence-corrected chi connectivity index (χ3v) is 9.35. The summed E-state index contributed by atoms with van der Waals surface area (Å²) in [5, 5.41) is 32.6. The summed E-state index contributed by atoms with van der Waals surface area (Å²) < 4.78 is 16.8. The molecule has 0 aliphatic carbocycles. The average Bonchev–Trinajstić information content (AvgIpc) is 3.18. The van der Waals surface area contributed by atoms with Crippen molar-refractivity contribution < 1.29 is 38.8 Å². The Labute approximate surface area is 313 Å². The van der Waals surface area contributed by atoms with E-state index in [2.05, 4.69) is 32.1 Å². The summed E-state index contributed by atoms with van der Waals surface area (Å²) in [6.07, 6.45) is 5.65. The number of aliphatic hydroxyl groups is 1. The summed E-state index contributed by atoms with van der Waals surface area (Å²) in [5.74, 6) is 2.59. The van der Waals surface area contributed by atoms with Crippen LogP contribution in [-0.2, 0) is 20.9 Å². The van der Waals surface area contributed by atoms with E-state index in [4.69, 9.17) is 20.6 Å². The predicted molar refractivity (Wildman–Crippen MR) is 205 cm³/mol. The molecule has 1 atom stereocenters. The fourth-order valence-corrected chi connectivity index (χ4v) is 6.54. The summed E-state index contributed by atoms with van der Waals surface area (Å²) in [6.45, 7) is 2.07. The number of phenolic OH excluding ortho intramolecular Hbond substituents is 1. The number of nitrogens with zero attached hydrogens (tertiary/aromatic N) is 1. The largest absolute Gasteiger partial charge is 0.506 e. The number of hydrogen-bond acceptors (Lipinski definition) is 10. The van der Waals surface area contributed by atoms with Crippen LogP contribution < -0.4 is 30.7 Å². The number of nitrogens with one attached hydrogen (secondary N) is 4. The van der Waals surface area contributed by atoms with Crippen LogP contribution in [0.2, 0.25) is 0 Å². The number of carbonyl (C=O) groups excluding carboxylic acids is 3. The van der Waals surface area contributed by atoms with E-state index >= 15 is 0 Å². The number of anilines is 3. The highest BCUT2D eigenvalue weighted by Crippen LogP contribution is 2.41. The number of ether oxygens (including phenoxy) is 3. The maximum atomic E-state index is 13.0. The monoisotopic (exact) mass is 733 g/mol. The van der Waals surface area contributed by atoms with Crippen molar-refractivity contribution in [1.82, 2.24) is 10.2 Å². The molecule has 2 aliphatic rings. The Morgan fingerprint density at radius 1 is 1.04 bits per heavy atom. The van der Waals surface area contributed by atoms with Gasteiger partial charge in [-0.1, -0.05) is 54.5 Å². The molecular weight excluding hydrogens is 690 g/mol. The lowest BCUT2D eigenvalue weighted by Gasteiger charge is -2.31. The molecule has 13 nitrogen and oxygen atoms in total. The summed E-state index contributed by atoms with van der Waals surface area (Å²) in [6, 6.07) is 23.8. The van der Waals surface area contributed by atoms with Gasteiger partial charge in [-0.05, 0) is 42.7 Å². The van der Waals surface area contributed by atoms with Gasteiger partial charge in [0.2, 0.25) is 5.91 Å². The van der Waals surface area contributed by atoms with Gasteiger partial charge in [-0.15, -0.1) is 6.42 Å². The van der Waals surface area contributed by atoms with Gasteiger partial charge in [0.1, 0.15) is 23.3 Å². The first-order chi connectivity index (χ1) is 26.2. The first kappa shape index (κ1) is 37.7. The quantitative estimate of drug-likeness (QED) is 0.0789. The van der Waals surface area contributed by atoms with E-state index in [0.717, 1.165) is 11.1 Å². The van der Waals surface area contributed by atoms with Crippen molar-refractivity contribution in [3.63, 3.8) is 0 Å². The molecule has 1 fully saturated rings. The van der Waals surface area contributed by atoms with Crippen molar-refractivity contribution in [1.29, 1.82) is 0 Å². The van der Waals surface area contributed by atoms with Crippen LogP contribution in [-0.4, -0.2) is 79.0 Å². The van der Waals surface area contributed by atoms with Crippen molar-refractivity contribution >= 4 is 35.0 Å². The van der Waals surface area contributed by atoms with Crippen LogP contribution in [0.3, 0.4) is 0 Å². The molecule has 0 spiro atoms. The van der Waals surface area contributed by atoms with Gasteiger partial charge in [-0.3, -0.25) is 14.9 Å². The number of para-hydroxylation sites is 1. The molecule has 13 heteroatoms. The first-order valence-corrected chi connectivity index (χ1v) is 17.7. The number of amides is 3. The predicted octanol–water partition coefficient (Wildman–Crippen LogP) is 5.24. The molecule has 4 aromatic carbocycles. The SMILES string of the molecule is C#Cc1cc(CNC[C@H](O)c2ccc(O)c3c2OCC(=O)N3)c(OC)cc1NC(=O)CCN1CCC(OC(=O)Nc2ccccc2-c2ccccc2)CC1. The van der Waals surface area contributed by atoms with Crippen LogP contribution in [0, 0.1) is 12.3 Å². The maximum Gasteiger partial charge on any atom is 0.411 e. The maximum absolute atomic E-state index is 13.0. The number of hydrogen-bond donors (Lipinski definition) is 6. The van der Waals surface area contributed by atoms with Crippen LogP contribution in [0.5, 0.6) is 17.2 Å². The van der Waals surface area contributed by atoms with Gasteiger partial charge in [0.15, 0.2) is 12.4 Å². The number of terminal acetylenes is 1. The number of aliphatic hydroxyl groups excluding tert-OH is 1. The van der Waals surface area contributed by atoms with Crippen molar-refractivity contribution in [2.24, 2.45) is 0 Å². The Balaban J connectivity index is 0.956. The van der Waals surface area contributed by atoms with E-state index in [9.17, 15) is 24.6 Å². The number of likely N-dealkylation sites (tertiary alicyclic amines) is 1. The van der Waals surface area contributed by atoms with Gasteiger partial charge in [-0.2, -0.15) is 0 Å². The highest BCUT2D eigenvalue weighted by molar-refractivity contribution is 5.97. The van der Waals surface area contributed by atoms with E-state index in [1.165, 1.54) is 19.2 Å². The molecule has 0 bridgehead atoms. The third kappa shape index (κ3) is 9.28. The Kier molecular flexibility index (Phi) is 12.3. The zero-order valence-corrected chi connectivity index (χ0v) is 29.9. The lowest BCUT2D eigenvalue weighted by Crippen LogP contribution is -2.39. The lowest BCUT2D eigenvalue weighted by atomic mass is 10.0. The van der Waals surface area contributed by atoms with Crippen molar-refractivity contribution in [3.05, 3.63) is 95.6 Å². The summed E-state index contributed by atoms with van der Waals surface area (Å²) >= 11 is 0. The molecule has 6 rings (SSSR count). The molecule has 3 amide bonds. The molecule has 2 aliphatic heterocycles. The Morgan fingerprint density at radius 3 is 2.56 bits per heavy atom. The zero-order chi connectivity index (χ0) is 38.0. The Bertz CT molecular complexity index is 2020. The number of rotatable bonds is 13. The average molecular weight is 734 g/mol. The Hall–Kier alpha value is -6.07. The fraction of sp³-hybridized carbons (Fsp3) is 0.293. The minimum Gasteiger partial charge on any atom is -0.506 e. The molecule has 4 aromatic rings. The van der Waals surface area contributed by atoms with Gasteiger partial charge in [0, 0.05) is 67.5 Å². The molecule has 0 unspecified atom stereocenters. The van der Waals surface area contributed by atoms with Crippen LogP contribution in [0.1, 0.15) is 42.1 Å². The molecule has 0 radical (unpaired) electrons. The molecule has 280 valence electrons. The first-order valence-electron chi connectivity index (χ1n) is 17.7. The number of piperidine rings is 1. The number of aromatic hydroxyl groups is 1. The molecule has 0 aromatic heterocycles. The number of fused-ring (bicyclic) bond motifs is 1. The molecule has 1 saturated heterocycles. The van der Waals surface area contributed by atoms with E-state index in [1.54, 1.807) is 12.1 Å². The molecule has 6 N–H and O–H groups in total. The van der Waals surface area contributed by atoms with Gasteiger partial charge >= 0.3 is 6.09 Å². The van der Waals surface area contributed by atoms with Gasteiger partial charge < -0.3 is 45.3 Å². The standard InChI is InChI=1S/C41H43N5O8/c1-3-26-21-28(23-42-24-35(48)31-13-14-34(47)39-40(31)53-25-38(50)45-39)36(52-2)22-33(26)43-37(49)17-20-46-18-15-29(16-19-46)54-41(51)44-32-12-8-7-11-30(32)27-9-5-4-6-10-27/h1,4-14,21-22,29,35,42,47-48H,15-20,23-25H2,2H3,(H,43,49)(H,44,51)(H,45,50)/t35-/m0/s1. The normalized spacial score (nSPS) is 14.8. The minimum absolute atomic E-state index is 0.113. The van der Waals surface area contributed by atoms with Crippen molar-refractivity contribution in [3.8, 4) is 40.7 Å². The van der Waals surface area contributed by atoms with Crippen LogP contribution in [0.25, 0.3) is 11.1 Å². The fourth-order valence-electron chi connectivity index (χ4n) is 6.54. The second kappa shape index (κ2) is 17.6. The molecule has 2 heterocycles.